The summed E-state index contributed by atoms with van der Waals surface area (Å²) in [6.45, 7) is 2.42. The fraction of sp³-hybridized carbons (Fsp3) is 0.250. The summed E-state index contributed by atoms with van der Waals surface area (Å²) in [4.78, 5) is 37.8. The quantitative estimate of drug-likeness (QED) is 0.519. The van der Waals surface area contributed by atoms with Crippen molar-refractivity contribution >= 4 is 34.7 Å². The molecule has 1 fully saturated rings. The Bertz CT molecular complexity index is 1290. The molecule has 1 saturated heterocycles. The van der Waals surface area contributed by atoms with E-state index in [2.05, 4.69) is 14.9 Å². The largest absolute Gasteiger partial charge is 0.417 e. The Balaban J connectivity index is 1.46. The number of amides is 3. The van der Waals surface area contributed by atoms with E-state index >= 15 is 0 Å². The topological polar surface area (TPSA) is 69.6 Å². The van der Waals surface area contributed by atoms with E-state index in [0.717, 1.165) is 52.0 Å². The molecule has 0 radical (unpaired) electrons. The molecule has 0 aliphatic carbocycles. The number of anilines is 4. The van der Waals surface area contributed by atoms with Crippen molar-refractivity contribution < 1.29 is 22.8 Å². The van der Waals surface area contributed by atoms with Gasteiger partial charge in [-0.05, 0) is 54.3 Å². The Morgan fingerprint density at radius 2 is 1.76 bits per heavy atom. The molecule has 0 atom stereocenters. The Morgan fingerprint density at radius 1 is 0.941 bits per heavy atom. The van der Waals surface area contributed by atoms with Crippen molar-refractivity contribution in [3.05, 3.63) is 71.8 Å². The minimum absolute atomic E-state index is 0.0795. The van der Waals surface area contributed by atoms with Gasteiger partial charge in [-0.2, -0.15) is 13.2 Å². The number of hydrogen-bond donors (Lipinski definition) is 0. The molecule has 0 unspecified atom stereocenters. The Hall–Kier alpha value is -3.95. The van der Waals surface area contributed by atoms with E-state index in [9.17, 15) is 22.8 Å². The molecule has 34 heavy (non-hydrogen) atoms. The van der Waals surface area contributed by atoms with Crippen LogP contribution in [0.1, 0.15) is 23.6 Å². The highest BCUT2D eigenvalue weighted by Gasteiger charge is 2.40. The third kappa shape index (κ3) is 3.64. The molecule has 0 spiro atoms. The van der Waals surface area contributed by atoms with E-state index in [-0.39, 0.29) is 12.2 Å². The van der Waals surface area contributed by atoms with E-state index in [1.165, 1.54) is 5.56 Å². The second kappa shape index (κ2) is 8.12. The number of pyridine rings is 2. The van der Waals surface area contributed by atoms with E-state index in [1.54, 1.807) is 18.3 Å². The summed E-state index contributed by atoms with van der Waals surface area (Å²) < 4.78 is 39.3. The lowest BCUT2D eigenvalue weighted by molar-refractivity contribution is -0.137. The number of aryl methyl sites for hydroxylation is 1. The summed E-state index contributed by atoms with van der Waals surface area (Å²) in [5.41, 5.74) is 3.46. The maximum atomic E-state index is 13.1. The summed E-state index contributed by atoms with van der Waals surface area (Å²) in [6, 6.07) is 7.44. The van der Waals surface area contributed by atoms with Crippen LogP contribution in [0.25, 0.3) is 0 Å². The molecule has 2 aliphatic heterocycles. The van der Waals surface area contributed by atoms with Crippen LogP contribution in [0.4, 0.5) is 40.7 Å². The van der Waals surface area contributed by atoms with Crippen LogP contribution in [0.2, 0.25) is 0 Å². The first-order chi connectivity index (χ1) is 16.3. The maximum absolute atomic E-state index is 13.1. The second-order valence-corrected chi connectivity index (χ2v) is 8.10. The van der Waals surface area contributed by atoms with Gasteiger partial charge < -0.3 is 4.90 Å². The number of alkyl halides is 3. The van der Waals surface area contributed by atoms with Crippen molar-refractivity contribution in [2.45, 2.75) is 25.9 Å². The van der Waals surface area contributed by atoms with Crippen LogP contribution in [0.3, 0.4) is 0 Å². The van der Waals surface area contributed by atoms with Crippen molar-refractivity contribution in [1.82, 2.24) is 9.97 Å². The lowest BCUT2D eigenvalue weighted by atomic mass is 10.1. The molecule has 7 nitrogen and oxygen atoms in total. The van der Waals surface area contributed by atoms with Gasteiger partial charge >= 0.3 is 12.2 Å². The predicted octanol–water partition coefficient (Wildman–Crippen LogP) is 4.73. The highest BCUT2D eigenvalue weighted by molar-refractivity contribution is 6.27. The van der Waals surface area contributed by atoms with Gasteiger partial charge in [-0.1, -0.05) is 6.92 Å². The number of fused-ring (bicyclic) bond motifs is 1. The molecule has 0 saturated carbocycles. The lowest BCUT2D eigenvalue weighted by Crippen LogP contribution is -2.33. The zero-order valence-corrected chi connectivity index (χ0v) is 18.2. The zero-order valence-electron chi connectivity index (χ0n) is 18.2. The van der Waals surface area contributed by atoms with Gasteiger partial charge in [0, 0.05) is 24.6 Å². The van der Waals surface area contributed by atoms with Crippen molar-refractivity contribution in [1.29, 1.82) is 0 Å². The van der Waals surface area contributed by atoms with Crippen molar-refractivity contribution in [2.75, 3.05) is 27.8 Å². The molecule has 4 heterocycles. The van der Waals surface area contributed by atoms with E-state index < -0.39 is 23.7 Å². The fourth-order valence-corrected chi connectivity index (χ4v) is 4.42. The van der Waals surface area contributed by atoms with Crippen molar-refractivity contribution in [3.8, 4) is 0 Å². The number of aromatic nitrogens is 2. The molecule has 3 amide bonds. The number of carbonyl (C=O) groups excluding carboxylic acids is 2. The first kappa shape index (κ1) is 21.9. The van der Waals surface area contributed by atoms with Gasteiger partial charge in [-0.15, -0.1) is 0 Å². The number of urea groups is 1. The highest BCUT2D eigenvalue weighted by Crippen LogP contribution is 2.38. The van der Waals surface area contributed by atoms with Gasteiger partial charge in [-0.25, -0.2) is 9.69 Å². The Kier molecular flexibility index (Phi) is 5.22. The molecule has 10 heteroatoms. The van der Waals surface area contributed by atoms with Crippen molar-refractivity contribution in [3.63, 3.8) is 0 Å². The predicted molar refractivity (Wildman–Crippen MR) is 120 cm³/mol. The Morgan fingerprint density at radius 3 is 2.53 bits per heavy atom. The van der Waals surface area contributed by atoms with E-state index in [0.29, 0.717) is 18.3 Å². The third-order valence-electron chi connectivity index (χ3n) is 6.10. The molecular weight excluding hydrogens is 447 g/mol. The smallest absolute Gasteiger partial charge is 0.339 e. The standard InChI is InChI=1S/C24H20F3N5O2/c1-2-15-9-18(3-4-20(15)30-8-6-16-5-7-28-13-21(16)30)32-22(33)14-31(23(32)34)19-10-17(11-29-12-19)24(25,26)27/h3-5,7,9-13H,2,6,8,14H2,1H3. The molecule has 5 rings (SSSR count). The zero-order chi connectivity index (χ0) is 24.0. The minimum Gasteiger partial charge on any atom is -0.339 e. The molecule has 174 valence electrons. The summed E-state index contributed by atoms with van der Waals surface area (Å²) in [5, 5.41) is 0. The SMILES string of the molecule is CCc1cc(N2C(=O)CN(c3cncc(C(F)(F)F)c3)C2=O)ccc1N1CCc2ccncc21. The molecule has 3 aromatic rings. The number of nitrogens with zero attached hydrogens (tertiary/aromatic N) is 5. The van der Waals surface area contributed by atoms with Crippen LogP contribution in [0.15, 0.2) is 55.1 Å². The molecule has 1 aromatic carbocycles. The normalized spacial score (nSPS) is 15.9. The summed E-state index contributed by atoms with van der Waals surface area (Å²) >= 11 is 0. The number of hydrogen-bond acceptors (Lipinski definition) is 5. The monoisotopic (exact) mass is 467 g/mol. The minimum atomic E-state index is -4.61. The fourth-order valence-electron chi connectivity index (χ4n) is 4.42. The van der Waals surface area contributed by atoms with Crippen LogP contribution >= 0.6 is 0 Å². The van der Waals surface area contributed by atoms with Crippen LogP contribution in [-0.2, 0) is 23.8 Å². The summed E-state index contributed by atoms with van der Waals surface area (Å²) in [7, 11) is 0. The average Bonchev–Trinajstić information content (AvgIpc) is 3.38. The number of benzene rings is 1. The molecule has 2 aliphatic rings. The number of carbonyl (C=O) groups is 2. The van der Waals surface area contributed by atoms with Crippen LogP contribution in [-0.4, -0.2) is 35.0 Å². The average molecular weight is 467 g/mol. The first-order valence-electron chi connectivity index (χ1n) is 10.8. The van der Waals surface area contributed by atoms with Crippen LogP contribution in [0.5, 0.6) is 0 Å². The molecular formula is C24H20F3N5O2. The Labute approximate surface area is 193 Å². The molecule has 0 bridgehead atoms. The number of rotatable bonds is 4. The lowest BCUT2D eigenvalue weighted by Gasteiger charge is -2.24. The van der Waals surface area contributed by atoms with Crippen molar-refractivity contribution in [2.24, 2.45) is 0 Å². The van der Waals surface area contributed by atoms with Crippen LogP contribution in [0, 0.1) is 0 Å². The highest BCUT2D eigenvalue weighted by atomic mass is 19.4. The van der Waals surface area contributed by atoms with Crippen LogP contribution < -0.4 is 14.7 Å². The number of halogens is 3. The third-order valence-corrected chi connectivity index (χ3v) is 6.10. The van der Waals surface area contributed by atoms with Gasteiger partial charge in [0.2, 0.25) is 0 Å². The van der Waals surface area contributed by atoms with Gasteiger partial charge in [0.1, 0.15) is 6.54 Å². The van der Waals surface area contributed by atoms with E-state index in [1.807, 2.05) is 25.3 Å². The van der Waals surface area contributed by atoms with Gasteiger partial charge in [0.05, 0.1) is 35.0 Å². The van der Waals surface area contributed by atoms with Gasteiger partial charge in [-0.3, -0.25) is 19.7 Å². The second-order valence-electron chi connectivity index (χ2n) is 8.10. The summed E-state index contributed by atoms with van der Waals surface area (Å²) in [6.07, 6.45) is 2.36. The summed E-state index contributed by atoms with van der Waals surface area (Å²) in [5.74, 6) is -0.520. The first-order valence-corrected chi connectivity index (χ1v) is 10.8. The molecule has 0 N–H and O–H groups in total. The van der Waals surface area contributed by atoms with Gasteiger partial charge in [0.15, 0.2) is 0 Å². The number of imide groups is 1. The van der Waals surface area contributed by atoms with E-state index in [4.69, 9.17) is 0 Å². The maximum Gasteiger partial charge on any atom is 0.417 e. The molecule has 2 aromatic heterocycles. The van der Waals surface area contributed by atoms with Gasteiger partial charge in [0.25, 0.3) is 5.91 Å².